The molecule has 146 valence electrons. The first-order valence-corrected chi connectivity index (χ1v) is 12.0. The summed E-state index contributed by atoms with van der Waals surface area (Å²) in [5, 5.41) is 1.18. The summed E-state index contributed by atoms with van der Waals surface area (Å²) in [5.41, 5.74) is 1.44. The van der Waals surface area contributed by atoms with Crippen molar-refractivity contribution >= 4 is 61.6 Å². The SMILES string of the molecule is O=C(Cc1ccccc1)N=C1SC2CS(=O)(=O)CC2N1c1cc(Cl)ccc1Cl. The van der Waals surface area contributed by atoms with Crippen molar-refractivity contribution in [2.45, 2.75) is 17.7 Å². The lowest BCUT2D eigenvalue weighted by molar-refractivity contribution is -0.117. The third-order valence-corrected chi connectivity index (χ3v) is 8.42. The van der Waals surface area contributed by atoms with E-state index in [4.69, 9.17) is 23.2 Å². The minimum Gasteiger partial charge on any atom is -0.314 e. The molecule has 1 amide bonds. The van der Waals surface area contributed by atoms with Gasteiger partial charge in [0.25, 0.3) is 5.91 Å². The molecule has 2 aliphatic heterocycles. The van der Waals surface area contributed by atoms with E-state index in [0.717, 1.165) is 5.56 Å². The molecule has 2 unspecified atom stereocenters. The van der Waals surface area contributed by atoms with Crippen molar-refractivity contribution < 1.29 is 13.2 Å². The summed E-state index contributed by atoms with van der Waals surface area (Å²) in [4.78, 5) is 18.6. The van der Waals surface area contributed by atoms with E-state index in [-0.39, 0.29) is 35.1 Å². The zero-order chi connectivity index (χ0) is 19.9. The summed E-state index contributed by atoms with van der Waals surface area (Å²) in [6.07, 6.45) is 0.176. The summed E-state index contributed by atoms with van der Waals surface area (Å²) in [5.74, 6) is -0.234. The monoisotopic (exact) mass is 454 g/mol. The number of nitrogens with zero attached hydrogens (tertiary/aromatic N) is 2. The number of aliphatic imine (C=N–C) groups is 1. The van der Waals surface area contributed by atoms with Crippen LogP contribution in [0.2, 0.25) is 10.0 Å². The maximum Gasteiger partial charge on any atom is 0.252 e. The van der Waals surface area contributed by atoms with Crippen LogP contribution in [0.4, 0.5) is 5.69 Å². The zero-order valence-electron chi connectivity index (χ0n) is 14.6. The number of hydrogen-bond donors (Lipinski definition) is 0. The van der Waals surface area contributed by atoms with Crippen LogP contribution in [0.1, 0.15) is 5.56 Å². The standard InChI is InChI=1S/C19H16Cl2N2O3S2/c20-13-6-7-14(21)15(9-13)23-16-10-28(25,26)11-17(16)27-19(23)22-18(24)8-12-4-2-1-3-5-12/h1-7,9,16-17H,8,10-11H2. The Hall–Kier alpha value is -1.54. The molecule has 0 radical (unpaired) electrons. The minimum atomic E-state index is -3.15. The maximum atomic E-state index is 12.5. The average molecular weight is 455 g/mol. The number of amidine groups is 1. The molecule has 2 aliphatic rings. The molecule has 28 heavy (non-hydrogen) atoms. The molecule has 0 aromatic heterocycles. The molecule has 2 atom stereocenters. The molecule has 4 rings (SSSR count). The number of carbonyl (C=O) groups is 1. The Kier molecular flexibility index (Phi) is 5.44. The Balaban J connectivity index is 1.69. The first kappa shape index (κ1) is 19.8. The number of rotatable bonds is 3. The van der Waals surface area contributed by atoms with Crippen molar-refractivity contribution in [2.24, 2.45) is 4.99 Å². The van der Waals surface area contributed by atoms with E-state index in [1.807, 2.05) is 30.3 Å². The number of sulfone groups is 1. The van der Waals surface area contributed by atoms with Crippen molar-refractivity contribution in [2.75, 3.05) is 16.4 Å². The van der Waals surface area contributed by atoms with Crippen LogP contribution in [0, 0.1) is 0 Å². The van der Waals surface area contributed by atoms with Gasteiger partial charge < -0.3 is 4.90 Å². The topological polar surface area (TPSA) is 66.8 Å². The molecule has 5 nitrogen and oxygen atoms in total. The molecule has 0 spiro atoms. The van der Waals surface area contributed by atoms with Crippen molar-refractivity contribution in [1.29, 1.82) is 0 Å². The zero-order valence-corrected chi connectivity index (χ0v) is 17.7. The van der Waals surface area contributed by atoms with Crippen molar-refractivity contribution in [1.82, 2.24) is 0 Å². The molecule has 0 bridgehead atoms. The van der Waals surface area contributed by atoms with Gasteiger partial charge >= 0.3 is 0 Å². The van der Waals surface area contributed by atoms with E-state index >= 15 is 0 Å². The highest BCUT2D eigenvalue weighted by Crippen LogP contribution is 2.43. The number of benzene rings is 2. The van der Waals surface area contributed by atoms with Crippen molar-refractivity contribution in [3.05, 3.63) is 64.1 Å². The fourth-order valence-corrected chi connectivity index (χ4v) is 7.73. The van der Waals surface area contributed by atoms with E-state index in [1.165, 1.54) is 11.8 Å². The van der Waals surface area contributed by atoms with Crippen LogP contribution >= 0.6 is 35.0 Å². The quantitative estimate of drug-likeness (QED) is 0.704. The number of amides is 1. The number of hydrogen-bond acceptors (Lipinski definition) is 4. The predicted molar refractivity (Wildman–Crippen MR) is 115 cm³/mol. The second-order valence-electron chi connectivity index (χ2n) is 6.72. The smallest absolute Gasteiger partial charge is 0.252 e. The average Bonchev–Trinajstić information content (AvgIpc) is 3.09. The number of halogens is 2. The van der Waals surface area contributed by atoms with Crippen LogP contribution < -0.4 is 4.90 Å². The molecule has 2 aromatic rings. The Morgan fingerprint density at radius 2 is 1.89 bits per heavy atom. The van der Waals surface area contributed by atoms with E-state index in [2.05, 4.69) is 4.99 Å². The molecule has 0 N–H and O–H groups in total. The van der Waals surface area contributed by atoms with Gasteiger partial charge in [-0.1, -0.05) is 65.3 Å². The molecule has 9 heteroatoms. The molecule has 0 saturated carbocycles. The number of fused-ring (bicyclic) bond motifs is 1. The molecular formula is C19H16Cl2N2O3S2. The summed E-state index contributed by atoms with van der Waals surface area (Å²) >= 11 is 13.8. The maximum absolute atomic E-state index is 12.5. The van der Waals surface area contributed by atoms with Gasteiger partial charge in [-0.05, 0) is 23.8 Å². The van der Waals surface area contributed by atoms with Crippen LogP contribution in [-0.4, -0.2) is 42.3 Å². The first-order chi connectivity index (χ1) is 13.3. The van der Waals surface area contributed by atoms with E-state index in [0.29, 0.717) is 20.9 Å². The van der Waals surface area contributed by atoms with Crippen LogP contribution in [0.25, 0.3) is 0 Å². The molecule has 2 aromatic carbocycles. The molecular weight excluding hydrogens is 439 g/mol. The van der Waals surface area contributed by atoms with Crippen LogP contribution in [0.5, 0.6) is 0 Å². The molecule has 2 saturated heterocycles. The molecule has 2 fully saturated rings. The summed E-state index contributed by atoms with van der Waals surface area (Å²) in [7, 11) is -3.15. The Morgan fingerprint density at radius 3 is 2.64 bits per heavy atom. The lowest BCUT2D eigenvalue weighted by atomic mass is 10.1. The fraction of sp³-hybridized carbons (Fsp3) is 0.263. The van der Waals surface area contributed by atoms with Gasteiger partial charge in [0, 0.05) is 10.3 Å². The van der Waals surface area contributed by atoms with Crippen molar-refractivity contribution in [3.8, 4) is 0 Å². The normalized spacial score (nSPS) is 24.5. The predicted octanol–water partition coefficient (Wildman–Crippen LogP) is 3.84. The van der Waals surface area contributed by atoms with E-state index < -0.39 is 9.84 Å². The highest BCUT2D eigenvalue weighted by Gasteiger charge is 2.49. The van der Waals surface area contributed by atoms with E-state index in [9.17, 15) is 13.2 Å². The highest BCUT2D eigenvalue weighted by molar-refractivity contribution is 8.16. The minimum absolute atomic E-state index is 0.000591. The van der Waals surface area contributed by atoms with Crippen LogP contribution in [0.15, 0.2) is 53.5 Å². The molecule has 0 aliphatic carbocycles. The lowest BCUT2D eigenvalue weighted by Crippen LogP contribution is -2.38. The highest BCUT2D eigenvalue weighted by atomic mass is 35.5. The Bertz CT molecular complexity index is 1060. The van der Waals surface area contributed by atoms with E-state index in [1.54, 1.807) is 23.1 Å². The van der Waals surface area contributed by atoms with Gasteiger partial charge in [-0.2, -0.15) is 4.99 Å². The van der Waals surface area contributed by atoms with Crippen molar-refractivity contribution in [3.63, 3.8) is 0 Å². The second-order valence-corrected chi connectivity index (χ2v) is 10.9. The van der Waals surface area contributed by atoms with Crippen LogP contribution in [0.3, 0.4) is 0 Å². The first-order valence-electron chi connectivity index (χ1n) is 8.59. The second kappa shape index (κ2) is 7.71. The van der Waals surface area contributed by atoms with Gasteiger partial charge in [0.05, 0.1) is 34.7 Å². The van der Waals surface area contributed by atoms with Gasteiger partial charge in [0.1, 0.15) is 0 Å². The largest absolute Gasteiger partial charge is 0.314 e. The third-order valence-electron chi connectivity index (χ3n) is 4.65. The van der Waals surface area contributed by atoms with Gasteiger partial charge in [-0.3, -0.25) is 4.79 Å². The Labute approximate surface area is 177 Å². The summed E-state index contributed by atoms with van der Waals surface area (Å²) < 4.78 is 24.3. The van der Waals surface area contributed by atoms with Gasteiger partial charge in [0.15, 0.2) is 15.0 Å². The number of carbonyl (C=O) groups excluding carboxylic acids is 1. The van der Waals surface area contributed by atoms with Crippen LogP contribution in [-0.2, 0) is 21.1 Å². The lowest BCUT2D eigenvalue weighted by Gasteiger charge is -2.25. The number of thioether (sulfide) groups is 1. The summed E-state index contributed by atoms with van der Waals surface area (Å²) in [6, 6.07) is 14.0. The summed E-state index contributed by atoms with van der Waals surface area (Å²) in [6.45, 7) is 0. The fourth-order valence-electron chi connectivity index (χ4n) is 3.43. The third kappa shape index (κ3) is 4.08. The van der Waals surface area contributed by atoms with Gasteiger partial charge in [-0.15, -0.1) is 0 Å². The van der Waals surface area contributed by atoms with Gasteiger partial charge in [0.2, 0.25) is 0 Å². The van der Waals surface area contributed by atoms with Gasteiger partial charge in [-0.25, -0.2) is 8.42 Å². The molecule has 2 heterocycles. The number of anilines is 1. The Morgan fingerprint density at radius 1 is 1.14 bits per heavy atom.